The Morgan fingerprint density at radius 1 is 1.43 bits per heavy atom. The second-order valence-corrected chi connectivity index (χ2v) is 3.20. The van der Waals surface area contributed by atoms with Crippen LogP contribution in [0.25, 0.3) is 0 Å². The summed E-state index contributed by atoms with van der Waals surface area (Å²) in [7, 11) is 0. The molecule has 1 aromatic carbocycles. The van der Waals surface area contributed by atoms with Gasteiger partial charge in [-0.05, 0) is 5.56 Å². The zero-order valence-electron chi connectivity index (χ0n) is 7.51. The van der Waals surface area contributed by atoms with Gasteiger partial charge in [0.05, 0.1) is 6.04 Å². The molecular weight excluding hydrogens is 182 g/mol. The summed E-state index contributed by atoms with van der Waals surface area (Å²) in [5, 5.41) is 12.4. The SMILES string of the molecule is O=C1N[C@@H]([C@@H](O)c2ccccc2)CO1. The van der Waals surface area contributed by atoms with Gasteiger partial charge in [-0.3, -0.25) is 0 Å². The molecule has 0 aliphatic carbocycles. The van der Waals surface area contributed by atoms with Gasteiger partial charge < -0.3 is 15.2 Å². The summed E-state index contributed by atoms with van der Waals surface area (Å²) in [6.45, 7) is 0.217. The van der Waals surface area contributed by atoms with E-state index in [-0.39, 0.29) is 12.6 Å². The molecule has 1 heterocycles. The molecule has 0 bridgehead atoms. The molecule has 2 rings (SSSR count). The number of carbonyl (C=O) groups is 1. The first-order valence-electron chi connectivity index (χ1n) is 4.43. The number of cyclic esters (lactones) is 1. The van der Waals surface area contributed by atoms with Crippen LogP contribution in [0.5, 0.6) is 0 Å². The molecule has 14 heavy (non-hydrogen) atoms. The van der Waals surface area contributed by atoms with E-state index < -0.39 is 12.2 Å². The van der Waals surface area contributed by atoms with E-state index in [4.69, 9.17) is 4.74 Å². The standard InChI is InChI=1S/C10H11NO3/c12-9(7-4-2-1-3-5-7)8-6-14-10(13)11-8/h1-5,8-9,12H,6H2,(H,11,13)/t8-,9+/m1/s1. The lowest BCUT2D eigenvalue weighted by atomic mass is 10.0. The summed E-state index contributed by atoms with van der Waals surface area (Å²) in [5.74, 6) is 0. The number of rotatable bonds is 2. The van der Waals surface area contributed by atoms with Gasteiger partial charge in [-0.2, -0.15) is 0 Å². The van der Waals surface area contributed by atoms with Crippen LogP contribution in [-0.4, -0.2) is 23.8 Å². The van der Waals surface area contributed by atoms with E-state index in [1.807, 2.05) is 30.3 Å². The number of aliphatic hydroxyl groups excluding tert-OH is 1. The molecule has 2 atom stereocenters. The number of aliphatic hydroxyl groups is 1. The fourth-order valence-electron chi connectivity index (χ4n) is 1.45. The first kappa shape index (κ1) is 9.02. The molecule has 1 aliphatic rings. The van der Waals surface area contributed by atoms with Crippen molar-refractivity contribution in [1.29, 1.82) is 0 Å². The molecule has 0 radical (unpaired) electrons. The lowest BCUT2D eigenvalue weighted by Gasteiger charge is -2.15. The van der Waals surface area contributed by atoms with Gasteiger partial charge in [0, 0.05) is 0 Å². The highest BCUT2D eigenvalue weighted by Crippen LogP contribution is 2.18. The third kappa shape index (κ3) is 1.70. The highest BCUT2D eigenvalue weighted by molar-refractivity contribution is 5.69. The Labute approximate surface area is 81.5 Å². The van der Waals surface area contributed by atoms with Crippen molar-refractivity contribution in [2.75, 3.05) is 6.61 Å². The number of alkyl carbamates (subject to hydrolysis) is 1. The highest BCUT2D eigenvalue weighted by Gasteiger charge is 2.29. The van der Waals surface area contributed by atoms with Crippen molar-refractivity contribution in [2.45, 2.75) is 12.1 Å². The number of amides is 1. The normalized spacial score (nSPS) is 22.6. The lowest BCUT2D eigenvalue weighted by Crippen LogP contribution is -2.32. The van der Waals surface area contributed by atoms with E-state index in [1.54, 1.807) is 0 Å². The van der Waals surface area contributed by atoms with Crippen LogP contribution in [0.15, 0.2) is 30.3 Å². The molecule has 1 amide bonds. The minimum Gasteiger partial charge on any atom is -0.447 e. The van der Waals surface area contributed by atoms with Crippen molar-refractivity contribution in [3.8, 4) is 0 Å². The number of hydrogen-bond donors (Lipinski definition) is 2. The Morgan fingerprint density at radius 2 is 2.14 bits per heavy atom. The molecule has 0 spiro atoms. The van der Waals surface area contributed by atoms with Crippen LogP contribution in [0.3, 0.4) is 0 Å². The second-order valence-electron chi connectivity index (χ2n) is 3.20. The van der Waals surface area contributed by atoms with Gasteiger partial charge in [-0.25, -0.2) is 4.79 Å². The smallest absolute Gasteiger partial charge is 0.407 e. The average Bonchev–Trinajstić information content (AvgIpc) is 2.65. The predicted octanol–water partition coefficient (Wildman–Crippen LogP) is 0.828. The van der Waals surface area contributed by atoms with Gasteiger partial charge in [0.1, 0.15) is 12.7 Å². The van der Waals surface area contributed by atoms with Gasteiger partial charge in [-0.15, -0.1) is 0 Å². The zero-order valence-corrected chi connectivity index (χ0v) is 7.51. The van der Waals surface area contributed by atoms with Crippen LogP contribution in [0.1, 0.15) is 11.7 Å². The van der Waals surface area contributed by atoms with Crippen molar-refractivity contribution in [3.63, 3.8) is 0 Å². The minimum absolute atomic E-state index is 0.217. The van der Waals surface area contributed by atoms with Gasteiger partial charge >= 0.3 is 6.09 Å². The van der Waals surface area contributed by atoms with Crippen molar-refractivity contribution in [3.05, 3.63) is 35.9 Å². The van der Waals surface area contributed by atoms with E-state index in [0.29, 0.717) is 0 Å². The molecule has 0 unspecified atom stereocenters. The molecule has 4 nitrogen and oxygen atoms in total. The van der Waals surface area contributed by atoms with Crippen molar-refractivity contribution >= 4 is 6.09 Å². The summed E-state index contributed by atoms with van der Waals surface area (Å²) >= 11 is 0. The van der Waals surface area contributed by atoms with Crippen LogP contribution in [0.4, 0.5) is 4.79 Å². The molecule has 0 saturated carbocycles. The third-order valence-electron chi connectivity index (χ3n) is 2.22. The fourth-order valence-corrected chi connectivity index (χ4v) is 1.45. The molecule has 1 aromatic rings. The number of benzene rings is 1. The zero-order chi connectivity index (χ0) is 9.97. The molecule has 2 N–H and O–H groups in total. The Kier molecular flexibility index (Phi) is 2.37. The summed E-state index contributed by atoms with van der Waals surface area (Å²) in [6.07, 6.45) is -1.17. The van der Waals surface area contributed by atoms with E-state index in [9.17, 15) is 9.90 Å². The van der Waals surface area contributed by atoms with Crippen LogP contribution < -0.4 is 5.32 Å². The number of nitrogens with one attached hydrogen (secondary N) is 1. The summed E-state index contributed by atoms with van der Waals surface area (Å²) in [6, 6.07) is 8.85. The molecule has 1 fully saturated rings. The summed E-state index contributed by atoms with van der Waals surface area (Å²) < 4.78 is 4.70. The maximum Gasteiger partial charge on any atom is 0.407 e. The van der Waals surface area contributed by atoms with Crippen molar-refractivity contribution in [2.24, 2.45) is 0 Å². The summed E-state index contributed by atoms with van der Waals surface area (Å²) in [4.78, 5) is 10.7. The Hall–Kier alpha value is -1.55. The second kappa shape index (κ2) is 3.67. The topological polar surface area (TPSA) is 58.6 Å². The summed E-state index contributed by atoms with van der Waals surface area (Å²) in [5.41, 5.74) is 0.781. The molecular formula is C10H11NO3. The first-order valence-corrected chi connectivity index (χ1v) is 4.43. The molecule has 74 valence electrons. The number of carbonyl (C=O) groups excluding carboxylic acids is 1. The number of ether oxygens (including phenoxy) is 1. The Balaban J connectivity index is 2.09. The number of hydrogen-bond acceptors (Lipinski definition) is 3. The van der Waals surface area contributed by atoms with Gasteiger partial charge in [0.15, 0.2) is 0 Å². The van der Waals surface area contributed by atoms with E-state index in [2.05, 4.69) is 5.32 Å². The molecule has 4 heteroatoms. The van der Waals surface area contributed by atoms with Crippen LogP contribution in [-0.2, 0) is 4.74 Å². The maximum atomic E-state index is 10.7. The maximum absolute atomic E-state index is 10.7. The Morgan fingerprint density at radius 3 is 2.71 bits per heavy atom. The minimum atomic E-state index is -0.706. The quantitative estimate of drug-likeness (QED) is 0.731. The largest absolute Gasteiger partial charge is 0.447 e. The molecule has 0 aromatic heterocycles. The average molecular weight is 193 g/mol. The molecule has 1 saturated heterocycles. The fraction of sp³-hybridized carbons (Fsp3) is 0.300. The van der Waals surface area contributed by atoms with E-state index in [1.165, 1.54) is 0 Å². The van der Waals surface area contributed by atoms with Crippen LogP contribution in [0, 0.1) is 0 Å². The predicted molar refractivity (Wildman–Crippen MR) is 49.7 cm³/mol. The van der Waals surface area contributed by atoms with E-state index >= 15 is 0 Å². The van der Waals surface area contributed by atoms with Crippen molar-refractivity contribution < 1.29 is 14.6 Å². The molecule has 1 aliphatic heterocycles. The van der Waals surface area contributed by atoms with Crippen LogP contribution in [0.2, 0.25) is 0 Å². The van der Waals surface area contributed by atoms with Gasteiger partial charge in [-0.1, -0.05) is 30.3 Å². The highest BCUT2D eigenvalue weighted by atomic mass is 16.6. The van der Waals surface area contributed by atoms with Gasteiger partial charge in [0.2, 0.25) is 0 Å². The lowest BCUT2D eigenvalue weighted by molar-refractivity contribution is 0.125. The third-order valence-corrected chi connectivity index (χ3v) is 2.22. The van der Waals surface area contributed by atoms with Gasteiger partial charge in [0.25, 0.3) is 0 Å². The van der Waals surface area contributed by atoms with E-state index in [0.717, 1.165) is 5.56 Å². The van der Waals surface area contributed by atoms with Crippen molar-refractivity contribution in [1.82, 2.24) is 5.32 Å². The Bertz CT molecular complexity index is 325. The monoisotopic (exact) mass is 193 g/mol. The first-order chi connectivity index (χ1) is 6.77. The van der Waals surface area contributed by atoms with Crippen LogP contribution >= 0.6 is 0 Å².